The van der Waals surface area contributed by atoms with E-state index in [1.54, 1.807) is 0 Å². The highest BCUT2D eigenvalue weighted by Crippen LogP contribution is 2.55. The maximum absolute atomic E-state index is 5.84. The summed E-state index contributed by atoms with van der Waals surface area (Å²) in [5, 5.41) is 0. The lowest BCUT2D eigenvalue weighted by Crippen LogP contribution is -2.27. The van der Waals surface area contributed by atoms with Gasteiger partial charge in [-0.15, -0.1) is 0 Å². The summed E-state index contributed by atoms with van der Waals surface area (Å²) in [6.07, 6.45) is 0. The zero-order valence-electron chi connectivity index (χ0n) is 6.09. The van der Waals surface area contributed by atoms with E-state index < -0.39 is 0 Å². The first-order chi connectivity index (χ1) is 4.14. The molecule has 2 rings (SSSR count). The van der Waals surface area contributed by atoms with E-state index in [1.807, 2.05) is 0 Å². The number of likely N-dealkylation sites (tertiary alicyclic amines) is 1. The molecule has 3 atom stereocenters. The number of nitrogens with zero attached hydrogens (tertiary/aromatic N) is 1. The van der Waals surface area contributed by atoms with Crippen molar-refractivity contribution in [3.8, 4) is 0 Å². The fraction of sp³-hybridized carbons (Fsp3) is 1.00. The summed E-state index contributed by atoms with van der Waals surface area (Å²) in [5.74, 6) is 0.808. The van der Waals surface area contributed by atoms with E-state index in [0.29, 0.717) is 11.5 Å². The normalized spacial score (nSPS) is 57.7. The molecule has 2 N–H and O–H groups in total. The Kier molecular flexibility index (Phi) is 0.837. The molecule has 1 saturated carbocycles. The van der Waals surface area contributed by atoms with Gasteiger partial charge in [-0.3, -0.25) is 0 Å². The van der Waals surface area contributed by atoms with Gasteiger partial charge in [0, 0.05) is 24.5 Å². The Bertz CT molecular complexity index is 146. The third-order valence-electron chi connectivity index (χ3n) is 3.05. The predicted octanol–water partition coefficient (Wildman–Crippen LogP) is -0.105. The molecule has 0 aromatic rings. The van der Waals surface area contributed by atoms with Gasteiger partial charge in [0.2, 0.25) is 0 Å². The second-order valence-corrected chi connectivity index (χ2v) is 3.83. The number of fused-ring (bicyclic) bond motifs is 1. The Balaban J connectivity index is 2.12. The van der Waals surface area contributed by atoms with E-state index in [2.05, 4.69) is 18.9 Å². The van der Waals surface area contributed by atoms with Crippen molar-refractivity contribution in [3.63, 3.8) is 0 Å². The van der Waals surface area contributed by atoms with Crippen LogP contribution in [0.25, 0.3) is 0 Å². The van der Waals surface area contributed by atoms with Crippen LogP contribution in [0.4, 0.5) is 0 Å². The van der Waals surface area contributed by atoms with Gasteiger partial charge >= 0.3 is 0 Å². The molecule has 0 aromatic carbocycles. The quantitative estimate of drug-likeness (QED) is 0.491. The number of rotatable bonds is 0. The van der Waals surface area contributed by atoms with Gasteiger partial charge in [0.25, 0.3) is 0 Å². The van der Waals surface area contributed by atoms with Crippen LogP contribution >= 0.6 is 0 Å². The highest BCUT2D eigenvalue weighted by atomic mass is 15.2. The van der Waals surface area contributed by atoms with Crippen LogP contribution in [0.2, 0.25) is 0 Å². The Morgan fingerprint density at radius 2 is 2.33 bits per heavy atom. The van der Waals surface area contributed by atoms with Crippen molar-refractivity contribution >= 4 is 0 Å². The second kappa shape index (κ2) is 1.32. The van der Waals surface area contributed by atoms with E-state index in [0.717, 1.165) is 5.92 Å². The highest BCUT2D eigenvalue weighted by molar-refractivity contribution is 5.17. The molecular formula is C7H14N2. The predicted molar refractivity (Wildman–Crippen MR) is 37.1 cm³/mol. The van der Waals surface area contributed by atoms with Gasteiger partial charge in [-0.1, -0.05) is 6.92 Å². The summed E-state index contributed by atoms with van der Waals surface area (Å²) >= 11 is 0. The van der Waals surface area contributed by atoms with Gasteiger partial charge in [0.1, 0.15) is 0 Å². The summed E-state index contributed by atoms with van der Waals surface area (Å²) in [4.78, 5) is 2.37. The van der Waals surface area contributed by atoms with Crippen LogP contribution in [-0.4, -0.2) is 31.1 Å². The lowest BCUT2D eigenvalue weighted by molar-refractivity contribution is 0.333. The molecule has 0 amide bonds. The van der Waals surface area contributed by atoms with E-state index in [4.69, 9.17) is 5.73 Å². The summed E-state index contributed by atoms with van der Waals surface area (Å²) < 4.78 is 0. The van der Waals surface area contributed by atoms with E-state index >= 15 is 0 Å². The molecule has 52 valence electrons. The van der Waals surface area contributed by atoms with Crippen LogP contribution in [0.3, 0.4) is 0 Å². The van der Waals surface area contributed by atoms with Crippen molar-refractivity contribution in [1.82, 2.24) is 4.90 Å². The molecule has 2 fully saturated rings. The SMILES string of the molecule is CN1CC2C(N)C2(C)C1. The minimum absolute atomic E-state index is 0.495. The third kappa shape index (κ3) is 0.528. The zero-order chi connectivity index (χ0) is 6.65. The van der Waals surface area contributed by atoms with Gasteiger partial charge in [-0.2, -0.15) is 0 Å². The summed E-state index contributed by atoms with van der Waals surface area (Å²) in [7, 11) is 2.17. The maximum Gasteiger partial charge on any atom is 0.0156 e. The first kappa shape index (κ1) is 5.69. The third-order valence-corrected chi connectivity index (χ3v) is 3.05. The first-order valence-electron chi connectivity index (χ1n) is 3.59. The van der Waals surface area contributed by atoms with Crippen LogP contribution in [0, 0.1) is 11.3 Å². The molecule has 1 saturated heterocycles. The van der Waals surface area contributed by atoms with Crippen molar-refractivity contribution in [1.29, 1.82) is 0 Å². The standard InChI is InChI=1S/C7H14N2/c1-7-4-9(2)3-5(7)6(7)8/h5-6H,3-4,8H2,1-2H3. The largest absolute Gasteiger partial charge is 0.327 e. The maximum atomic E-state index is 5.84. The van der Waals surface area contributed by atoms with Crippen LogP contribution in [-0.2, 0) is 0 Å². The van der Waals surface area contributed by atoms with Crippen molar-refractivity contribution in [3.05, 3.63) is 0 Å². The Morgan fingerprint density at radius 1 is 1.67 bits per heavy atom. The molecule has 0 bridgehead atoms. The first-order valence-corrected chi connectivity index (χ1v) is 3.59. The van der Waals surface area contributed by atoms with Crippen LogP contribution in [0.1, 0.15) is 6.92 Å². The second-order valence-electron chi connectivity index (χ2n) is 3.83. The van der Waals surface area contributed by atoms with Crippen LogP contribution in [0.15, 0.2) is 0 Å². The molecule has 1 aliphatic carbocycles. The topological polar surface area (TPSA) is 29.3 Å². The van der Waals surface area contributed by atoms with Crippen molar-refractivity contribution in [2.75, 3.05) is 20.1 Å². The minimum Gasteiger partial charge on any atom is -0.327 e. The number of hydrogen-bond acceptors (Lipinski definition) is 2. The van der Waals surface area contributed by atoms with Gasteiger partial charge in [-0.25, -0.2) is 0 Å². The summed E-state index contributed by atoms with van der Waals surface area (Å²) in [6, 6.07) is 0.508. The van der Waals surface area contributed by atoms with Gasteiger partial charge in [-0.05, 0) is 13.0 Å². The molecule has 1 heterocycles. The number of hydrogen-bond donors (Lipinski definition) is 1. The summed E-state index contributed by atoms with van der Waals surface area (Å²) in [6.45, 7) is 4.72. The number of nitrogens with two attached hydrogens (primary N) is 1. The minimum atomic E-state index is 0.495. The average molecular weight is 126 g/mol. The molecule has 1 aliphatic heterocycles. The van der Waals surface area contributed by atoms with Crippen molar-refractivity contribution in [2.24, 2.45) is 17.1 Å². The molecule has 0 radical (unpaired) electrons. The lowest BCUT2D eigenvalue weighted by Gasteiger charge is -2.13. The van der Waals surface area contributed by atoms with E-state index in [1.165, 1.54) is 13.1 Å². The fourth-order valence-corrected chi connectivity index (χ4v) is 2.23. The lowest BCUT2D eigenvalue weighted by atomic mass is 10.1. The Labute approximate surface area is 56.0 Å². The van der Waals surface area contributed by atoms with Crippen LogP contribution in [0.5, 0.6) is 0 Å². The van der Waals surface area contributed by atoms with Gasteiger partial charge in [0.15, 0.2) is 0 Å². The summed E-state index contributed by atoms with van der Waals surface area (Å²) in [5.41, 5.74) is 6.34. The van der Waals surface area contributed by atoms with Gasteiger partial charge in [0.05, 0.1) is 0 Å². The molecule has 2 nitrogen and oxygen atoms in total. The molecule has 2 heteroatoms. The Morgan fingerprint density at radius 3 is 2.67 bits per heavy atom. The monoisotopic (exact) mass is 126 g/mol. The fourth-order valence-electron chi connectivity index (χ4n) is 2.23. The van der Waals surface area contributed by atoms with Crippen molar-refractivity contribution < 1.29 is 0 Å². The smallest absolute Gasteiger partial charge is 0.0156 e. The molecule has 9 heavy (non-hydrogen) atoms. The van der Waals surface area contributed by atoms with Gasteiger partial charge < -0.3 is 10.6 Å². The van der Waals surface area contributed by atoms with Crippen molar-refractivity contribution in [2.45, 2.75) is 13.0 Å². The molecule has 0 spiro atoms. The highest BCUT2D eigenvalue weighted by Gasteiger charge is 2.63. The molecule has 3 unspecified atom stereocenters. The molecular weight excluding hydrogens is 112 g/mol. The number of piperidine rings is 1. The zero-order valence-corrected chi connectivity index (χ0v) is 6.09. The molecule has 0 aromatic heterocycles. The van der Waals surface area contributed by atoms with E-state index in [9.17, 15) is 0 Å². The average Bonchev–Trinajstić information content (AvgIpc) is 2.23. The van der Waals surface area contributed by atoms with Crippen LogP contribution < -0.4 is 5.73 Å². The van der Waals surface area contributed by atoms with E-state index in [-0.39, 0.29) is 0 Å². The Hall–Kier alpha value is -0.0800. The molecule has 2 aliphatic rings.